The van der Waals surface area contributed by atoms with Crippen LogP contribution in [0.2, 0.25) is 5.02 Å². The van der Waals surface area contributed by atoms with Crippen LogP contribution in [0.15, 0.2) is 36.3 Å². The van der Waals surface area contributed by atoms with Gasteiger partial charge in [-0.1, -0.05) is 50.4 Å². The van der Waals surface area contributed by atoms with E-state index in [0.29, 0.717) is 44.3 Å². The van der Waals surface area contributed by atoms with Crippen LogP contribution in [0.5, 0.6) is 0 Å². The van der Waals surface area contributed by atoms with Crippen molar-refractivity contribution in [3.8, 4) is 12.8 Å². The summed E-state index contributed by atoms with van der Waals surface area (Å²) in [5.41, 5.74) is 7.56. The van der Waals surface area contributed by atoms with Crippen LogP contribution >= 0.6 is 11.6 Å². The molecule has 3 aliphatic rings. The van der Waals surface area contributed by atoms with Gasteiger partial charge in [0.1, 0.15) is 5.82 Å². The second kappa shape index (κ2) is 19.5. The summed E-state index contributed by atoms with van der Waals surface area (Å²) in [5, 5.41) is 4.58. The fourth-order valence-corrected chi connectivity index (χ4v) is 5.07. The highest BCUT2D eigenvalue weighted by Gasteiger charge is 2.24. The van der Waals surface area contributed by atoms with E-state index in [1.807, 2.05) is 23.1 Å². The van der Waals surface area contributed by atoms with Crippen LogP contribution in [0, 0.1) is 12.8 Å². The molecule has 0 radical (unpaired) electrons. The maximum atomic E-state index is 12.1. The molecular formula is C32H47ClN6O4. The van der Waals surface area contributed by atoms with E-state index in [9.17, 15) is 14.4 Å². The molecule has 43 heavy (non-hydrogen) atoms. The highest BCUT2D eigenvalue weighted by Crippen LogP contribution is 2.28. The van der Waals surface area contributed by atoms with E-state index in [1.54, 1.807) is 16.0 Å². The lowest BCUT2D eigenvalue weighted by Crippen LogP contribution is -2.41. The first kappa shape index (κ1) is 35.5. The van der Waals surface area contributed by atoms with Crippen LogP contribution in [0.3, 0.4) is 0 Å². The molecule has 4 N–H and O–H groups in total. The van der Waals surface area contributed by atoms with Crippen LogP contribution in [0.1, 0.15) is 58.8 Å². The van der Waals surface area contributed by atoms with E-state index in [2.05, 4.69) is 37.0 Å². The molecule has 0 bridgehead atoms. The number of hydrogen-bond acceptors (Lipinski definition) is 6. The molecule has 5 rings (SSSR count). The lowest BCUT2D eigenvalue weighted by Gasteiger charge is -2.25. The maximum absolute atomic E-state index is 12.1. The summed E-state index contributed by atoms with van der Waals surface area (Å²) >= 11 is 6.09. The number of benzene rings is 1. The standard InChI is InChI=1S/C15H17ClN4O2.C12H20N2O2.C3H8.C2H2/c16-11-9-18-15-10(11)2-1-3-12(15)19-13(17)8-14(21)20-4-6-22-7-5-20;15-11-6-2-1-3-9-14(11)10-12(16)13-7-4-5-8-13;1-3-2;1-2/h1-3,8-9,18-19H,4-7,17H2;1-10H2;3H2,1-2H3;1-2H/b13-8+;;;. The normalized spacial score (nSPS) is 17.0. The summed E-state index contributed by atoms with van der Waals surface area (Å²) in [7, 11) is 0. The van der Waals surface area contributed by atoms with Crippen LogP contribution in [-0.2, 0) is 19.1 Å². The zero-order valence-electron chi connectivity index (χ0n) is 25.6. The van der Waals surface area contributed by atoms with Crippen molar-refractivity contribution in [2.45, 2.75) is 58.8 Å². The number of amides is 3. The number of para-hydroxylation sites is 1. The van der Waals surface area contributed by atoms with Crippen LogP contribution in [0.25, 0.3) is 10.9 Å². The van der Waals surface area contributed by atoms with E-state index in [0.717, 1.165) is 68.3 Å². The monoisotopic (exact) mass is 614 g/mol. The number of rotatable bonds is 5. The smallest absolute Gasteiger partial charge is 0.250 e. The van der Waals surface area contributed by atoms with Gasteiger partial charge in [0.05, 0.1) is 36.0 Å². The van der Waals surface area contributed by atoms with E-state index in [1.165, 1.54) is 12.5 Å². The van der Waals surface area contributed by atoms with Crippen molar-refractivity contribution in [1.29, 1.82) is 0 Å². The molecule has 1 aromatic carbocycles. The summed E-state index contributed by atoms with van der Waals surface area (Å²) in [4.78, 5) is 44.2. The number of hydrogen-bond donors (Lipinski definition) is 3. The number of aromatic amines is 1. The van der Waals surface area contributed by atoms with Crippen LogP contribution in [0.4, 0.5) is 5.69 Å². The molecule has 0 aliphatic carbocycles. The minimum absolute atomic E-state index is 0.120. The van der Waals surface area contributed by atoms with Crippen LogP contribution in [-0.4, -0.2) is 89.9 Å². The van der Waals surface area contributed by atoms with E-state index in [4.69, 9.17) is 22.1 Å². The Morgan fingerprint density at radius 1 is 1.02 bits per heavy atom. The predicted molar refractivity (Wildman–Crippen MR) is 173 cm³/mol. The molecule has 3 fully saturated rings. The lowest BCUT2D eigenvalue weighted by atomic mass is 10.2. The lowest BCUT2D eigenvalue weighted by molar-refractivity contribution is -0.139. The largest absolute Gasteiger partial charge is 0.385 e. The molecule has 3 saturated heterocycles. The molecule has 0 spiro atoms. The number of nitrogens with two attached hydrogens (primary N) is 1. The van der Waals surface area contributed by atoms with Gasteiger partial charge in [0, 0.05) is 56.8 Å². The number of halogens is 1. The molecule has 0 saturated carbocycles. The van der Waals surface area contributed by atoms with Gasteiger partial charge in [0.25, 0.3) is 0 Å². The number of carbonyl (C=O) groups is 3. The molecule has 11 heteroatoms. The Hall–Kier alpha value is -3.68. The minimum Gasteiger partial charge on any atom is -0.385 e. The third-order valence-electron chi connectivity index (χ3n) is 7.00. The van der Waals surface area contributed by atoms with E-state index < -0.39 is 0 Å². The summed E-state index contributed by atoms with van der Waals surface area (Å²) < 4.78 is 5.22. The molecular weight excluding hydrogens is 568 g/mol. The van der Waals surface area contributed by atoms with Gasteiger partial charge in [-0.3, -0.25) is 14.4 Å². The summed E-state index contributed by atoms with van der Waals surface area (Å²) in [5.74, 6) is 0.456. The average Bonchev–Trinajstić information content (AvgIpc) is 3.65. The SMILES string of the molecule is C#C.CCC.N/C(=C\C(=O)N1CCOCC1)Nc1cccc2c(Cl)c[nH]c12.O=C(CN1CCCCCC1=O)N1CCCC1. The third kappa shape index (κ3) is 11.5. The second-order valence-corrected chi connectivity index (χ2v) is 10.9. The number of terminal acetylenes is 1. The third-order valence-corrected chi connectivity index (χ3v) is 7.31. The van der Waals surface area contributed by atoms with Gasteiger partial charge < -0.3 is 35.5 Å². The average molecular weight is 615 g/mol. The first-order valence-corrected chi connectivity index (χ1v) is 15.5. The van der Waals surface area contributed by atoms with Crippen molar-refractivity contribution in [3.63, 3.8) is 0 Å². The molecule has 4 heterocycles. The molecule has 236 valence electrons. The van der Waals surface area contributed by atoms with Crippen molar-refractivity contribution in [2.24, 2.45) is 5.73 Å². The van der Waals surface area contributed by atoms with E-state index in [-0.39, 0.29) is 23.5 Å². The summed E-state index contributed by atoms with van der Waals surface area (Å²) in [6.45, 7) is 9.37. The molecule has 3 aliphatic heterocycles. The first-order valence-electron chi connectivity index (χ1n) is 15.1. The summed E-state index contributed by atoms with van der Waals surface area (Å²) in [6, 6.07) is 5.66. The predicted octanol–water partition coefficient (Wildman–Crippen LogP) is 4.57. The molecule has 1 aromatic heterocycles. The zero-order chi connectivity index (χ0) is 31.6. The Morgan fingerprint density at radius 2 is 1.67 bits per heavy atom. The van der Waals surface area contributed by atoms with Crippen molar-refractivity contribution in [2.75, 3.05) is 57.8 Å². The van der Waals surface area contributed by atoms with Gasteiger partial charge in [-0.2, -0.15) is 0 Å². The fraction of sp³-hybridized carbons (Fsp3) is 0.531. The molecule has 10 nitrogen and oxygen atoms in total. The van der Waals surface area contributed by atoms with E-state index >= 15 is 0 Å². The topological polar surface area (TPSA) is 124 Å². The van der Waals surface area contributed by atoms with Gasteiger partial charge in [-0.15, -0.1) is 12.8 Å². The number of anilines is 1. The van der Waals surface area contributed by atoms with Crippen molar-refractivity contribution >= 4 is 45.9 Å². The Labute approximate surface area is 260 Å². The molecule has 0 atom stereocenters. The van der Waals surface area contributed by atoms with Gasteiger partial charge in [0.15, 0.2) is 0 Å². The number of nitrogens with one attached hydrogen (secondary N) is 2. The molecule has 0 unspecified atom stereocenters. The van der Waals surface area contributed by atoms with Gasteiger partial charge in [0.2, 0.25) is 17.7 Å². The van der Waals surface area contributed by atoms with Gasteiger partial charge in [-0.25, -0.2) is 0 Å². The van der Waals surface area contributed by atoms with Crippen LogP contribution < -0.4 is 11.1 Å². The quantitative estimate of drug-likeness (QED) is 0.335. The zero-order valence-corrected chi connectivity index (χ0v) is 26.3. The number of nitrogens with zero attached hydrogens (tertiary/aromatic N) is 3. The Morgan fingerprint density at radius 3 is 2.35 bits per heavy atom. The highest BCUT2D eigenvalue weighted by molar-refractivity contribution is 6.35. The number of ether oxygens (including phenoxy) is 1. The van der Waals surface area contributed by atoms with Crippen molar-refractivity contribution < 1.29 is 19.1 Å². The Bertz CT molecular complexity index is 1210. The second-order valence-electron chi connectivity index (χ2n) is 10.4. The van der Waals surface area contributed by atoms with Crippen molar-refractivity contribution in [1.82, 2.24) is 19.7 Å². The number of morpholine rings is 1. The number of fused-ring (bicyclic) bond motifs is 1. The van der Waals surface area contributed by atoms with Gasteiger partial charge in [-0.05, 0) is 31.7 Å². The maximum Gasteiger partial charge on any atom is 0.250 e. The summed E-state index contributed by atoms with van der Waals surface area (Å²) in [6.07, 6.45) is 18.3. The minimum atomic E-state index is -0.120. The van der Waals surface area contributed by atoms with Gasteiger partial charge >= 0.3 is 0 Å². The number of aromatic nitrogens is 1. The molecule has 2 aromatic rings. The number of H-pyrrole nitrogens is 1. The molecule has 3 amide bonds. The number of carbonyl (C=O) groups excluding carboxylic acids is 3. The Kier molecular flexibility index (Phi) is 16.1. The Balaban J connectivity index is 0.000000271. The highest BCUT2D eigenvalue weighted by atomic mass is 35.5. The number of likely N-dealkylation sites (tertiary alicyclic amines) is 2. The van der Waals surface area contributed by atoms with Crippen molar-refractivity contribution in [3.05, 3.63) is 41.3 Å². The first-order chi connectivity index (χ1) is 20.8. The fourth-order valence-electron chi connectivity index (χ4n) is 4.86.